The standard InChI is InChI=1S/C13H18N2O4/c1-8-4-5-12(15(18)19)11(10(8)3)6-9(2)14-7-13(16)17/h4-5,9,14H,6-7H2,1-3H3,(H,16,17). The predicted octanol–water partition coefficient (Wildman–Crippen LogP) is 1.82. The van der Waals surface area contributed by atoms with Crippen molar-refractivity contribution in [3.05, 3.63) is 38.9 Å². The molecule has 104 valence electrons. The number of hydrogen-bond acceptors (Lipinski definition) is 4. The summed E-state index contributed by atoms with van der Waals surface area (Å²) in [6.45, 7) is 5.41. The number of carboxylic acids is 1. The van der Waals surface area contributed by atoms with E-state index < -0.39 is 10.9 Å². The zero-order valence-electron chi connectivity index (χ0n) is 11.3. The molecule has 0 spiro atoms. The Morgan fingerprint density at radius 3 is 2.63 bits per heavy atom. The van der Waals surface area contributed by atoms with Crippen molar-refractivity contribution in [2.24, 2.45) is 0 Å². The van der Waals surface area contributed by atoms with E-state index in [0.717, 1.165) is 11.1 Å². The van der Waals surface area contributed by atoms with Gasteiger partial charge in [-0.15, -0.1) is 0 Å². The van der Waals surface area contributed by atoms with Gasteiger partial charge >= 0.3 is 5.97 Å². The molecule has 19 heavy (non-hydrogen) atoms. The first-order valence-corrected chi connectivity index (χ1v) is 6.01. The van der Waals surface area contributed by atoms with Crippen LogP contribution < -0.4 is 5.32 Å². The Balaban J connectivity index is 2.95. The van der Waals surface area contributed by atoms with Gasteiger partial charge in [-0.3, -0.25) is 14.9 Å². The van der Waals surface area contributed by atoms with Gasteiger partial charge in [-0.05, 0) is 38.3 Å². The lowest BCUT2D eigenvalue weighted by molar-refractivity contribution is -0.385. The van der Waals surface area contributed by atoms with Crippen molar-refractivity contribution in [3.8, 4) is 0 Å². The SMILES string of the molecule is Cc1ccc([N+](=O)[O-])c(CC(C)NCC(=O)O)c1C. The number of aryl methyl sites for hydroxylation is 1. The van der Waals surface area contributed by atoms with Crippen LogP contribution in [-0.4, -0.2) is 28.6 Å². The van der Waals surface area contributed by atoms with Crippen molar-refractivity contribution >= 4 is 11.7 Å². The van der Waals surface area contributed by atoms with E-state index in [1.807, 2.05) is 20.8 Å². The van der Waals surface area contributed by atoms with Crippen LogP contribution in [0, 0.1) is 24.0 Å². The number of hydrogen-bond donors (Lipinski definition) is 2. The van der Waals surface area contributed by atoms with Crippen LogP contribution in [0.15, 0.2) is 12.1 Å². The second-order valence-electron chi connectivity index (χ2n) is 4.64. The average Bonchev–Trinajstić information content (AvgIpc) is 2.32. The number of nitro groups is 1. The predicted molar refractivity (Wildman–Crippen MR) is 71.4 cm³/mol. The summed E-state index contributed by atoms with van der Waals surface area (Å²) in [6.07, 6.45) is 0.428. The fraction of sp³-hybridized carbons (Fsp3) is 0.462. The van der Waals surface area contributed by atoms with Crippen molar-refractivity contribution in [2.75, 3.05) is 6.54 Å². The molecule has 1 atom stereocenters. The smallest absolute Gasteiger partial charge is 0.317 e. The summed E-state index contributed by atoms with van der Waals surface area (Å²) >= 11 is 0. The fourth-order valence-corrected chi connectivity index (χ4v) is 1.93. The molecule has 0 aliphatic rings. The first-order chi connectivity index (χ1) is 8.82. The van der Waals surface area contributed by atoms with Crippen molar-refractivity contribution in [1.29, 1.82) is 0 Å². The highest BCUT2D eigenvalue weighted by atomic mass is 16.6. The minimum absolute atomic E-state index is 0.0899. The molecule has 0 fully saturated rings. The zero-order chi connectivity index (χ0) is 14.6. The number of nitrogens with one attached hydrogen (secondary N) is 1. The van der Waals surface area contributed by atoms with Crippen LogP contribution in [0.1, 0.15) is 23.6 Å². The molecule has 0 radical (unpaired) electrons. The third-order valence-electron chi connectivity index (χ3n) is 3.15. The second-order valence-corrected chi connectivity index (χ2v) is 4.64. The van der Waals surface area contributed by atoms with E-state index in [1.165, 1.54) is 6.07 Å². The molecule has 6 heteroatoms. The van der Waals surface area contributed by atoms with Crippen LogP contribution in [-0.2, 0) is 11.2 Å². The van der Waals surface area contributed by atoms with Gasteiger partial charge in [0.1, 0.15) is 0 Å². The molecular formula is C13H18N2O4. The molecule has 1 unspecified atom stereocenters. The van der Waals surface area contributed by atoms with Gasteiger partial charge in [0.05, 0.1) is 11.5 Å². The topological polar surface area (TPSA) is 92.5 Å². The highest BCUT2D eigenvalue weighted by Crippen LogP contribution is 2.25. The van der Waals surface area contributed by atoms with Crippen LogP contribution in [0.4, 0.5) is 5.69 Å². The number of carboxylic acid groups (broad SMARTS) is 1. The van der Waals surface area contributed by atoms with Gasteiger partial charge in [0.2, 0.25) is 0 Å². The van der Waals surface area contributed by atoms with Crippen molar-refractivity contribution in [1.82, 2.24) is 5.32 Å². The summed E-state index contributed by atoms with van der Waals surface area (Å²) in [6, 6.07) is 3.09. The summed E-state index contributed by atoms with van der Waals surface area (Å²) in [5.74, 6) is -0.942. The van der Waals surface area contributed by atoms with E-state index in [2.05, 4.69) is 5.32 Å². The maximum Gasteiger partial charge on any atom is 0.317 e. The number of nitro benzene ring substituents is 1. The summed E-state index contributed by atoms with van der Waals surface area (Å²) in [5, 5.41) is 22.4. The van der Waals surface area contributed by atoms with Crippen LogP contribution in [0.5, 0.6) is 0 Å². The molecule has 0 aromatic heterocycles. The monoisotopic (exact) mass is 266 g/mol. The van der Waals surface area contributed by atoms with Crippen LogP contribution in [0.25, 0.3) is 0 Å². The number of benzene rings is 1. The second kappa shape index (κ2) is 6.29. The Bertz CT molecular complexity index is 500. The van der Waals surface area contributed by atoms with Crippen LogP contribution in [0.3, 0.4) is 0 Å². The molecular weight excluding hydrogens is 248 g/mol. The Kier molecular flexibility index (Phi) is 5.00. The lowest BCUT2D eigenvalue weighted by Gasteiger charge is -2.15. The summed E-state index contributed by atoms with van der Waals surface area (Å²) in [7, 11) is 0. The first-order valence-electron chi connectivity index (χ1n) is 6.01. The van der Waals surface area contributed by atoms with Crippen molar-refractivity contribution < 1.29 is 14.8 Å². The Morgan fingerprint density at radius 1 is 1.47 bits per heavy atom. The molecule has 0 heterocycles. The highest BCUT2D eigenvalue weighted by molar-refractivity contribution is 5.69. The van der Waals surface area contributed by atoms with Gasteiger partial charge in [-0.2, -0.15) is 0 Å². The maximum atomic E-state index is 11.0. The van der Waals surface area contributed by atoms with E-state index in [1.54, 1.807) is 6.07 Å². The van der Waals surface area contributed by atoms with Crippen molar-refractivity contribution in [2.45, 2.75) is 33.2 Å². The summed E-state index contributed by atoms with van der Waals surface area (Å²) in [4.78, 5) is 21.1. The largest absolute Gasteiger partial charge is 0.480 e. The summed E-state index contributed by atoms with van der Waals surface area (Å²) in [5.41, 5.74) is 2.63. The minimum atomic E-state index is -0.942. The van der Waals surface area contributed by atoms with E-state index in [0.29, 0.717) is 12.0 Å². The summed E-state index contributed by atoms with van der Waals surface area (Å²) < 4.78 is 0. The minimum Gasteiger partial charge on any atom is -0.480 e. The Morgan fingerprint density at radius 2 is 2.11 bits per heavy atom. The molecule has 1 aromatic carbocycles. The highest BCUT2D eigenvalue weighted by Gasteiger charge is 2.19. The lowest BCUT2D eigenvalue weighted by Crippen LogP contribution is -2.33. The third kappa shape index (κ3) is 4.03. The fourth-order valence-electron chi connectivity index (χ4n) is 1.93. The van der Waals surface area contributed by atoms with E-state index in [-0.39, 0.29) is 18.3 Å². The number of rotatable bonds is 6. The molecule has 0 saturated heterocycles. The molecule has 6 nitrogen and oxygen atoms in total. The Labute approximate surface area is 111 Å². The molecule has 0 amide bonds. The molecule has 1 aromatic rings. The van der Waals surface area contributed by atoms with E-state index >= 15 is 0 Å². The Hall–Kier alpha value is -1.95. The molecule has 0 saturated carbocycles. The number of aliphatic carboxylic acids is 1. The molecule has 0 bridgehead atoms. The van der Waals surface area contributed by atoms with Gasteiger partial charge in [-0.25, -0.2) is 0 Å². The maximum absolute atomic E-state index is 11.0. The van der Waals surface area contributed by atoms with Gasteiger partial charge < -0.3 is 10.4 Å². The lowest BCUT2D eigenvalue weighted by atomic mass is 9.96. The molecule has 0 aliphatic carbocycles. The van der Waals surface area contributed by atoms with E-state index in [9.17, 15) is 14.9 Å². The normalized spacial score (nSPS) is 12.2. The number of nitrogens with zero attached hydrogens (tertiary/aromatic N) is 1. The third-order valence-corrected chi connectivity index (χ3v) is 3.15. The zero-order valence-corrected chi connectivity index (χ0v) is 11.3. The van der Waals surface area contributed by atoms with Crippen LogP contribution >= 0.6 is 0 Å². The molecule has 2 N–H and O–H groups in total. The van der Waals surface area contributed by atoms with Gasteiger partial charge in [-0.1, -0.05) is 6.07 Å². The molecule has 0 aliphatic heterocycles. The van der Waals surface area contributed by atoms with Crippen molar-refractivity contribution in [3.63, 3.8) is 0 Å². The quantitative estimate of drug-likeness (QED) is 0.605. The van der Waals surface area contributed by atoms with E-state index in [4.69, 9.17) is 5.11 Å². The van der Waals surface area contributed by atoms with Gasteiger partial charge in [0.25, 0.3) is 5.69 Å². The first kappa shape index (κ1) is 15.1. The number of carbonyl (C=O) groups is 1. The van der Waals surface area contributed by atoms with Gasteiger partial charge in [0.15, 0.2) is 0 Å². The van der Waals surface area contributed by atoms with Crippen LogP contribution in [0.2, 0.25) is 0 Å². The molecule has 1 rings (SSSR count). The average molecular weight is 266 g/mol. The van der Waals surface area contributed by atoms with Gasteiger partial charge in [0, 0.05) is 17.7 Å².